The van der Waals surface area contributed by atoms with Crippen LogP contribution in [0.2, 0.25) is 0 Å². The Bertz CT molecular complexity index is 471. The maximum Gasteiger partial charge on any atom is 0.316 e. The van der Waals surface area contributed by atoms with Gasteiger partial charge in [-0.05, 0) is 34.6 Å². The van der Waals surface area contributed by atoms with Crippen molar-refractivity contribution in [2.24, 2.45) is 0 Å². The third kappa shape index (κ3) is 5.78. The van der Waals surface area contributed by atoms with E-state index in [1.54, 1.807) is 0 Å². The Kier molecular flexibility index (Phi) is 5.81. The Balaban J connectivity index is 2.50. The first-order valence-electron chi connectivity index (χ1n) is 6.63. The number of Topliss-reactive ketones (excluding diaryl/α,β-unsaturated/α-hetero) is 1. The lowest BCUT2D eigenvalue weighted by Crippen LogP contribution is -2.26. The number of hydrogen-bond donors (Lipinski definition) is 0. The average molecular weight is 294 g/mol. The van der Waals surface area contributed by atoms with Gasteiger partial charge in [-0.3, -0.25) is 9.59 Å². The second kappa shape index (κ2) is 6.93. The molecular formula is C16H22O3S. The van der Waals surface area contributed by atoms with Crippen LogP contribution in [0.3, 0.4) is 0 Å². The molecule has 1 unspecified atom stereocenters. The predicted molar refractivity (Wildman–Crippen MR) is 83.3 cm³/mol. The molecule has 0 N–H and O–H groups in total. The summed E-state index contributed by atoms with van der Waals surface area (Å²) in [6.07, 6.45) is 0. The van der Waals surface area contributed by atoms with Crippen LogP contribution >= 0.6 is 11.8 Å². The van der Waals surface area contributed by atoms with Crippen LogP contribution in [0.15, 0.2) is 24.3 Å². The van der Waals surface area contributed by atoms with E-state index in [-0.39, 0.29) is 22.8 Å². The first-order valence-corrected chi connectivity index (χ1v) is 7.68. The van der Waals surface area contributed by atoms with Gasteiger partial charge in [0, 0.05) is 5.56 Å². The lowest BCUT2D eigenvalue weighted by molar-refractivity contribution is -0.151. The number of carbonyl (C=O) groups is 2. The minimum Gasteiger partial charge on any atom is -0.459 e. The van der Waals surface area contributed by atoms with Gasteiger partial charge in [-0.1, -0.05) is 29.8 Å². The van der Waals surface area contributed by atoms with Crippen molar-refractivity contribution in [1.29, 1.82) is 0 Å². The molecule has 0 spiro atoms. The molecule has 1 aromatic rings. The Morgan fingerprint density at radius 3 is 2.25 bits per heavy atom. The maximum atomic E-state index is 12.2. The van der Waals surface area contributed by atoms with Crippen molar-refractivity contribution in [2.45, 2.75) is 45.5 Å². The SMILES string of the molecule is Cc1ccc(C(=O)C(C)SCC(=O)OC(C)(C)C)cc1. The number of ether oxygens (including phenoxy) is 1. The molecule has 0 radical (unpaired) electrons. The fourth-order valence-electron chi connectivity index (χ4n) is 1.59. The van der Waals surface area contributed by atoms with E-state index in [4.69, 9.17) is 4.74 Å². The number of esters is 1. The quantitative estimate of drug-likeness (QED) is 0.614. The van der Waals surface area contributed by atoms with E-state index in [1.165, 1.54) is 11.8 Å². The van der Waals surface area contributed by atoms with Gasteiger partial charge in [0.25, 0.3) is 0 Å². The molecule has 110 valence electrons. The Hall–Kier alpha value is -1.29. The van der Waals surface area contributed by atoms with Crippen molar-refractivity contribution < 1.29 is 14.3 Å². The number of thioether (sulfide) groups is 1. The molecule has 0 bridgehead atoms. The number of carbonyl (C=O) groups excluding carboxylic acids is 2. The largest absolute Gasteiger partial charge is 0.459 e. The van der Waals surface area contributed by atoms with Crippen LogP contribution in [0.1, 0.15) is 43.6 Å². The van der Waals surface area contributed by atoms with Crippen molar-refractivity contribution in [3.8, 4) is 0 Å². The number of aryl methyl sites for hydroxylation is 1. The van der Waals surface area contributed by atoms with Gasteiger partial charge < -0.3 is 4.74 Å². The van der Waals surface area contributed by atoms with Crippen molar-refractivity contribution in [2.75, 3.05) is 5.75 Å². The first-order chi connectivity index (χ1) is 9.19. The molecule has 0 fully saturated rings. The van der Waals surface area contributed by atoms with Gasteiger partial charge >= 0.3 is 5.97 Å². The molecule has 0 aliphatic rings. The molecule has 0 heterocycles. The van der Waals surface area contributed by atoms with Gasteiger partial charge in [-0.15, -0.1) is 11.8 Å². The summed E-state index contributed by atoms with van der Waals surface area (Å²) in [7, 11) is 0. The Morgan fingerprint density at radius 1 is 1.20 bits per heavy atom. The Labute approximate surface area is 125 Å². The predicted octanol–water partition coefficient (Wildman–Crippen LogP) is 3.64. The number of rotatable bonds is 5. The van der Waals surface area contributed by atoms with Crippen LogP contribution in [-0.4, -0.2) is 28.4 Å². The molecule has 20 heavy (non-hydrogen) atoms. The van der Waals surface area contributed by atoms with Gasteiger partial charge in [0.1, 0.15) is 5.60 Å². The molecule has 3 nitrogen and oxygen atoms in total. The van der Waals surface area contributed by atoms with Crippen LogP contribution in [0, 0.1) is 6.92 Å². The van der Waals surface area contributed by atoms with Gasteiger partial charge in [0.2, 0.25) is 0 Å². The topological polar surface area (TPSA) is 43.4 Å². The fraction of sp³-hybridized carbons (Fsp3) is 0.500. The van der Waals surface area contributed by atoms with E-state index < -0.39 is 5.60 Å². The summed E-state index contributed by atoms with van der Waals surface area (Å²) in [6, 6.07) is 7.47. The maximum absolute atomic E-state index is 12.2. The van der Waals surface area contributed by atoms with Crippen LogP contribution < -0.4 is 0 Å². The summed E-state index contributed by atoms with van der Waals surface area (Å²) < 4.78 is 5.22. The third-order valence-corrected chi connectivity index (χ3v) is 3.69. The van der Waals surface area contributed by atoms with E-state index in [0.29, 0.717) is 5.56 Å². The van der Waals surface area contributed by atoms with Crippen LogP contribution in [0.5, 0.6) is 0 Å². The van der Waals surface area contributed by atoms with E-state index >= 15 is 0 Å². The summed E-state index contributed by atoms with van der Waals surface area (Å²) >= 11 is 1.31. The molecular weight excluding hydrogens is 272 g/mol. The number of ketones is 1. The highest BCUT2D eigenvalue weighted by molar-refractivity contribution is 8.01. The molecule has 0 saturated carbocycles. The van der Waals surface area contributed by atoms with Crippen LogP contribution in [-0.2, 0) is 9.53 Å². The summed E-state index contributed by atoms with van der Waals surface area (Å²) in [6.45, 7) is 9.29. The smallest absolute Gasteiger partial charge is 0.316 e. The molecule has 0 aliphatic heterocycles. The molecule has 4 heteroatoms. The zero-order valence-corrected chi connectivity index (χ0v) is 13.5. The monoisotopic (exact) mass is 294 g/mol. The van der Waals surface area contributed by atoms with Crippen molar-refractivity contribution >= 4 is 23.5 Å². The first kappa shape index (κ1) is 16.8. The zero-order chi connectivity index (χ0) is 15.3. The fourth-order valence-corrected chi connectivity index (χ4v) is 2.32. The highest BCUT2D eigenvalue weighted by atomic mass is 32.2. The molecule has 0 amide bonds. The second-order valence-corrected chi connectivity index (χ2v) is 7.10. The molecule has 0 aliphatic carbocycles. The van der Waals surface area contributed by atoms with E-state index in [1.807, 2.05) is 58.9 Å². The molecule has 1 atom stereocenters. The van der Waals surface area contributed by atoms with Crippen LogP contribution in [0.25, 0.3) is 0 Å². The summed E-state index contributed by atoms with van der Waals surface area (Å²) in [4.78, 5) is 23.8. The standard InChI is InChI=1S/C16H22O3S/c1-11-6-8-13(9-7-11)15(18)12(2)20-10-14(17)19-16(3,4)5/h6-9,12H,10H2,1-5H3. The summed E-state index contributed by atoms with van der Waals surface area (Å²) in [5, 5.41) is -0.259. The highest BCUT2D eigenvalue weighted by Crippen LogP contribution is 2.18. The Morgan fingerprint density at radius 2 is 1.75 bits per heavy atom. The number of hydrogen-bond acceptors (Lipinski definition) is 4. The van der Waals surface area contributed by atoms with E-state index in [2.05, 4.69) is 0 Å². The highest BCUT2D eigenvalue weighted by Gasteiger charge is 2.20. The number of benzene rings is 1. The van der Waals surface area contributed by atoms with Crippen molar-refractivity contribution in [1.82, 2.24) is 0 Å². The third-order valence-electron chi connectivity index (χ3n) is 2.58. The van der Waals surface area contributed by atoms with Gasteiger partial charge in [-0.2, -0.15) is 0 Å². The van der Waals surface area contributed by atoms with Gasteiger partial charge in [-0.25, -0.2) is 0 Å². The van der Waals surface area contributed by atoms with E-state index in [9.17, 15) is 9.59 Å². The zero-order valence-electron chi connectivity index (χ0n) is 12.7. The second-order valence-electron chi connectivity index (χ2n) is 5.77. The molecule has 0 saturated heterocycles. The van der Waals surface area contributed by atoms with Crippen LogP contribution in [0.4, 0.5) is 0 Å². The molecule has 0 aromatic heterocycles. The lowest BCUT2D eigenvalue weighted by atomic mass is 10.1. The molecule has 1 aromatic carbocycles. The normalized spacial score (nSPS) is 12.8. The van der Waals surface area contributed by atoms with Crippen molar-refractivity contribution in [3.63, 3.8) is 0 Å². The van der Waals surface area contributed by atoms with E-state index in [0.717, 1.165) is 5.56 Å². The average Bonchev–Trinajstić information content (AvgIpc) is 2.34. The minimum atomic E-state index is -0.484. The van der Waals surface area contributed by atoms with Crippen molar-refractivity contribution in [3.05, 3.63) is 35.4 Å². The summed E-state index contributed by atoms with van der Waals surface area (Å²) in [5.41, 5.74) is 1.32. The summed E-state index contributed by atoms with van der Waals surface area (Å²) in [5.74, 6) is -0.0552. The molecule has 1 rings (SSSR count). The lowest BCUT2D eigenvalue weighted by Gasteiger charge is -2.19. The van der Waals surface area contributed by atoms with Gasteiger partial charge in [0.05, 0.1) is 11.0 Å². The minimum absolute atomic E-state index is 0.0403. The van der Waals surface area contributed by atoms with Gasteiger partial charge in [0.15, 0.2) is 5.78 Å².